The van der Waals surface area contributed by atoms with Crippen molar-refractivity contribution in [1.82, 2.24) is 5.32 Å². The van der Waals surface area contributed by atoms with E-state index in [9.17, 15) is 5.11 Å². The summed E-state index contributed by atoms with van der Waals surface area (Å²) in [6.07, 6.45) is 6.25. The number of hydrogen-bond acceptors (Lipinski definition) is 3. The number of aliphatic hydroxyl groups excluding tert-OH is 1. The van der Waals surface area contributed by atoms with Crippen LogP contribution >= 0.6 is 0 Å². The summed E-state index contributed by atoms with van der Waals surface area (Å²) in [5, 5.41) is 13.4. The van der Waals surface area contributed by atoms with Crippen molar-refractivity contribution in [3.8, 4) is 0 Å². The van der Waals surface area contributed by atoms with Gasteiger partial charge in [-0.05, 0) is 43.4 Å². The van der Waals surface area contributed by atoms with E-state index >= 15 is 0 Å². The molecular formula is C15H29NO2. The molecule has 106 valence electrons. The second-order valence-electron chi connectivity index (χ2n) is 6.45. The zero-order valence-corrected chi connectivity index (χ0v) is 11.9. The van der Waals surface area contributed by atoms with Gasteiger partial charge in [0.1, 0.15) is 0 Å². The number of rotatable bonds is 7. The van der Waals surface area contributed by atoms with E-state index in [4.69, 9.17) is 4.74 Å². The Hall–Kier alpha value is -0.120. The molecule has 2 aliphatic rings. The highest BCUT2D eigenvalue weighted by atomic mass is 16.5. The van der Waals surface area contributed by atoms with Gasteiger partial charge in [-0.3, -0.25) is 0 Å². The van der Waals surface area contributed by atoms with Crippen LogP contribution in [-0.2, 0) is 4.74 Å². The van der Waals surface area contributed by atoms with Crippen LogP contribution in [0.1, 0.15) is 46.0 Å². The van der Waals surface area contributed by atoms with Gasteiger partial charge in [0, 0.05) is 19.2 Å². The average molecular weight is 255 g/mol. The molecule has 0 aromatic heterocycles. The third-order valence-electron chi connectivity index (χ3n) is 4.49. The van der Waals surface area contributed by atoms with Crippen LogP contribution in [0.2, 0.25) is 0 Å². The van der Waals surface area contributed by atoms with Crippen molar-refractivity contribution in [3.63, 3.8) is 0 Å². The van der Waals surface area contributed by atoms with Gasteiger partial charge in [-0.25, -0.2) is 0 Å². The molecule has 0 radical (unpaired) electrons. The molecule has 0 aromatic carbocycles. The number of ether oxygens (including phenoxy) is 1. The predicted octanol–water partition coefficient (Wildman–Crippen LogP) is 2.19. The number of nitrogens with one attached hydrogen (secondary N) is 1. The van der Waals surface area contributed by atoms with Crippen LogP contribution in [-0.4, -0.2) is 37.0 Å². The molecule has 4 atom stereocenters. The minimum absolute atomic E-state index is 0.356. The monoisotopic (exact) mass is 255 g/mol. The fourth-order valence-electron chi connectivity index (χ4n) is 3.07. The predicted molar refractivity (Wildman–Crippen MR) is 73.5 cm³/mol. The van der Waals surface area contributed by atoms with E-state index in [1.807, 2.05) is 0 Å². The highest BCUT2D eigenvalue weighted by Gasteiger charge is 2.27. The van der Waals surface area contributed by atoms with E-state index in [0.29, 0.717) is 19.2 Å². The standard InChI is InChI=1S/C15H29NO2/c1-11-4-3-5-12(2)15(11)16-8-14(17)10-18-9-13-6-7-13/h11-17H,3-10H2,1-2H3/t11-,12+,14-,15?/m1/s1. The van der Waals surface area contributed by atoms with E-state index in [0.717, 1.165) is 24.4 Å². The molecule has 3 nitrogen and oxygen atoms in total. The largest absolute Gasteiger partial charge is 0.389 e. The summed E-state index contributed by atoms with van der Waals surface area (Å²) in [6, 6.07) is 0.567. The zero-order chi connectivity index (χ0) is 13.0. The molecule has 0 amide bonds. The van der Waals surface area contributed by atoms with Gasteiger partial charge in [0.05, 0.1) is 12.7 Å². The molecule has 0 heterocycles. The second-order valence-corrected chi connectivity index (χ2v) is 6.45. The van der Waals surface area contributed by atoms with Crippen LogP contribution in [0.4, 0.5) is 0 Å². The SMILES string of the molecule is C[C@@H]1CCC[C@H](C)C1NC[C@@H](O)COCC1CC1. The van der Waals surface area contributed by atoms with Crippen LogP contribution in [0.5, 0.6) is 0 Å². The summed E-state index contributed by atoms with van der Waals surface area (Å²) in [6.45, 7) is 6.64. The normalized spacial score (nSPS) is 34.5. The Morgan fingerprint density at radius 1 is 1.17 bits per heavy atom. The molecule has 3 heteroatoms. The van der Waals surface area contributed by atoms with E-state index < -0.39 is 0 Å². The first-order valence-corrected chi connectivity index (χ1v) is 7.66. The van der Waals surface area contributed by atoms with Crippen LogP contribution in [0, 0.1) is 17.8 Å². The number of aliphatic hydroxyl groups is 1. The summed E-state index contributed by atoms with van der Waals surface area (Å²) in [5.74, 6) is 2.24. The highest BCUT2D eigenvalue weighted by Crippen LogP contribution is 2.29. The first-order chi connectivity index (χ1) is 8.66. The van der Waals surface area contributed by atoms with E-state index in [1.54, 1.807) is 0 Å². The van der Waals surface area contributed by atoms with Gasteiger partial charge in [-0.15, -0.1) is 0 Å². The average Bonchev–Trinajstić information content (AvgIpc) is 3.12. The Balaban J connectivity index is 1.59. The minimum Gasteiger partial charge on any atom is -0.389 e. The third-order valence-corrected chi connectivity index (χ3v) is 4.49. The molecule has 2 fully saturated rings. The van der Waals surface area contributed by atoms with Crippen LogP contribution in [0.15, 0.2) is 0 Å². The van der Waals surface area contributed by atoms with Gasteiger partial charge in [-0.2, -0.15) is 0 Å². The fraction of sp³-hybridized carbons (Fsp3) is 1.00. The maximum absolute atomic E-state index is 9.90. The van der Waals surface area contributed by atoms with Gasteiger partial charge in [0.15, 0.2) is 0 Å². The van der Waals surface area contributed by atoms with Crippen LogP contribution < -0.4 is 5.32 Å². The molecule has 2 rings (SSSR count). The smallest absolute Gasteiger partial charge is 0.0897 e. The minimum atomic E-state index is -0.356. The van der Waals surface area contributed by atoms with Crippen molar-refractivity contribution >= 4 is 0 Å². The lowest BCUT2D eigenvalue weighted by Gasteiger charge is -2.35. The lowest BCUT2D eigenvalue weighted by Crippen LogP contribution is -2.46. The van der Waals surface area contributed by atoms with Gasteiger partial charge >= 0.3 is 0 Å². The number of hydrogen-bond donors (Lipinski definition) is 2. The van der Waals surface area contributed by atoms with Crippen molar-refractivity contribution in [2.45, 2.75) is 58.1 Å². The summed E-state index contributed by atoms with van der Waals surface area (Å²) < 4.78 is 5.52. The third kappa shape index (κ3) is 4.52. The summed E-state index contributed by atoms with van der Waals surface area (Å²) >= 11 is 0. The van der Waals surface area contributed by atoms with E-state index in [2.05, 4.69) is 19.2 Å². The Bertz CT molecular complexity index is 233. The summed E-state index contributed by atoms with van der Waals surface area (Å²) in [4.78, 5) is 0. The molecular weight excluding hydrogens is 226 g/mol. The topological polar surface area (TPSA) is 41.5 Å². The molecule has 2 aliphatic carbocycles. The van der Waals surface area contributed by atoms with E-state index in [1.165, 1.54) is 32.1 Å². The lowest BCUT2D eigenvalue weighted by atomic mass is 9.79. The van der Waals surface area contributed by atoms with Gasteiger partial charge in [0.25, 0.3) is 0 Å². The van der Waals surface area contributed by atoms with Crippen molar-refractivity contribution < 1.29 is 9.84 Å². The molecule has 18 heavy (non-hydrogen) atoms. The van der Waals surface area contributed by atoms with Crippen molar-refractivity contribution in [1.29, 1.82) is 0 Å². The molecule has 0 spiro atoms. The Labute approximate surface area is 111 Å². The maximum atomic E-state index is 9.90. The van der Waals surface area contributed by atoms with Crippen molar-refractivity contribution in [2.24, 2.45) is 17.8 Å². The second kappa shape index (κ2) is 6.88. The first-order valence-electron chi connectivity index (χ1n) is 7.66. The Kier molecular flexibility index (Phi) is 5.46. The Morgan fingerprint density at radius 2 is 1.83 bits per heavy atom. The summed E-state index contributed by atoms with van der Waals surface area (Å²) in [5.41, 5.74) is 0. The van der Waals surface area contributed by atoms with Crippen LogP contribution in [0.3, 0.4) is 0 Å². The molecule has 2 N–H and O–H groups in total. The van der Waals surface area contributed by atoms with Gasteiger partial charge in [-0.1, -0.05) is 20.3 Å². The van der Waals surface area contributed by atoms with E-state index in [-0.39, 0.29) is 6.10 Å². The van der Waals surface area contributed by atoms with Gasteiger partial charge in [0.2, 0.25) is 0 Å². The fourth-order valence-corrected chi connectivity index (χ4v) is 3.07. The maximum Gasteiger partial charge on any atom is 0.0897 e. The molecule has 2 saturated carbocycles. The lowest BCUT2D eigenvalue weighted by molar-refractivity contribution is 0.0279. The molecule has 0 aromatic rings. The Morgan fingerprint density at radius 3 is 2.44 bits per heavy atom. The van der Waals surface area contributed by atoms with Crippen LogP contribution in [0.25, 0.3) is 0 Å². The summed E-state index contributed by atoms with van der Waals surface area (Å²) in [7, 11) is 0. The molecule has 0 aliphatic heterocycles. The quantitative estimate of drug-likeness (QED) is 0.733. The van der Waals surface area contributed by atoms with Crippen molar-refractivity contribution in [2.75, 3.05) is 19.8 Å². The molecule has 1 unspecified atom stereocenters. The van der Waals surface area contributed by atoms with Gasteiger partial charge < -0.3 is 15.2 Å². The zero-order valence-electron chi connectivity index (χ0n) is 11.9. The molecule has 0 bridgehead atoms. The van der Waals surface area contributed by atoms with Crippen molar-refractivity contribution in [3.05, 3.63) is 0 Å². The first kappa shape index (κ1) is 14.3. The highest BCUT2D eigenvalue weighted by molar-refractivity contribution is 4.84. The molecule has 0 saturated heterocycles.